The van der Waals surface area contributed by atoms with Gasteiger partial charge in [-0.1, -0.05) is 11.6 Å². The molecule has 1 amide bonds. The van der Waals surface area contributed by atoms with Crippen molar-refractivity contribution in [1.29, 1.82) is 0 Å². The first-order valence-electron chi connectivity index (χ1n) is 8.46. The third kappa shape index (κ3) is 4.73. The molecule has 0 saturated carbocycles. The van der Waals surface area contributed by atoms with Gasteiger partial charge in [-0.05, 0) is 36.8 Å². The molecule has 1 N–H and O–H groups in total. The van der Waals surface area contributed by atoms with E-state index in [4.69, 9.17) is 20.8 Å². The topological polar surface area (TPSA) is 138 Å². The van der Waals surface area contributed by atoms with Crippen molar-refractivity contribution in [3.63, 3.8) is 0 Å². The fourth-order valence-electron chi connectivity index (χ4n) is 2.53. The quantitative estimate of drug-likeness (QED) is 0.415. The minimum Gasteiger partial charge on any atom is -0.484 e. The summed E-state index contributed by atoms with van der Waals surface area (Å²) in [4.78, 5) is 32.9. The van der Waals surface area contributed by atoms with Crippen molar-refractivity contribution in [3.8, 4) is 5.75 Å². The molecule has 154 valence electrons. The minimum atomic E-state index is -0.571. The summed E-state index contributed by atoms with van der Waals surface area (Å²) in [5.74, 6) is -0.152. The van der Waals surface area contributed by atoms with Gasteiger partial charge in [-0.15, -0.1) is 0 Å². The molecule has 0 atom stereocenters. The van der Waals surface area contributed by atoms with E-state index in [1.165, 1.54) is 48.5 Å². The van der Waals surface area contributed by atoms with E-state index in [1.807, 2.05) is 0 Å². The molecule has 0 bridgehead atoms. The standard InChI is InChI=1S/C19H14ClN3O7/c1-11-8-12(22(25)26)3-6-16(11)21-19(24)17-7-4-14(30-17)10-29-18-9-13(23(27)28)2-5-15(18)20/h2-9H,10H2,1H3,(H,21,24). The second-order valence-corrected chi connectivity index (χ2v) is 6.54. The van der Waals surface area contributed by atoms with Crippen LogP contribution in [0.3, 0.4) is 0 Å². The summed E-state index contributed by atoms with van der Waals surface area (Å²) in [5, 5.41) is 24.5. The molecule has 10 nitrogen and oxygen atoms in total. The Labute approximate surface area is 174 Å². The Morgan fingerprint density at radius 1 is 1.07 bits per heavy atom. The Kier molecular flexibility index (Phi) is 5.98. The molecule has 0 saturated heterocycles. The summed E-state index contributed by atoms with van der Waals surface area (Å²) in [5.41, 5.74) is 0.672. The monoisotopic (exact) mass is 431 g/mol. The van der Waals surface area contributed by atoms with E-state index in [0.717, 1.165) is 0 Å². The Morgan fingerprint density at radius 2 is 1.73 bits per heavy atom. The maximum atomic E-state index is 12.4. The van der Waals surface area contributed by atoms with Gasteiger partial charge in [0.05, 0.1) is 20.9 Å². The highest BCUT2D eigenvalue weighted by Gasteiger charge is 2.16. The number of anilines is 1. The molecule has 2 aromatic carbocycles. The normalized spacial score (nSPS) is 10.5. The molecule has 3 rings (SSSR count). The number of nitrogens with one attached hydrogen (secondary N) is 1. The van der Waals surface area contributed by atoms with Crippen LogP contribution in [0.4, 0.5) is 17.1 Å². The summed E-state index contributed by atoms with van der Waals surface area (Å²) < 4.78 is 10.9. The summed E-state index contributed by atoms with van der Waals surface area (Å²) in [6, 6.07) is 10.8. The van der Waals surface area contributed by atoms with Gasteiger partial charge < -0.3 is 14.5 Å². The number of amides is 1. The second-order valence-electron chi connectivity index (χ2n) is 6.14. The van der Waals surface area contributed by atoms with Gasteiger partial charge in [0.25, 0.3) is 17.3 Å². The Morgan fingerprint density at radius 3 is 2.40 bits per heavy atom. The van der Waals surface area contributed by atoms with Crippen molar-refractivity contribution in [3.05, 3.63) is 90.9 Å². The number of ether oxygens (including phenoxy) is 1. The van der Waals surface area contributed by atoms with Gasteiger partial charge in [0.2, 0.25) is 0 Å². The molecule has 0 fully saturated rings. The molecule has 0 aliphatic carbocycles. The number of benzene rings is 2. The first-order valence-corrected chi connectivity index (χ1v) is 8.84. The largest absolute Gasteiger partial charge is 0.484 e. The average Bonchev–Trinajstić information content (AvgIpc) is 3.17. The van der Waals surface area contributed by atoms with Crippen LogP contribution in [0.1, 0.15) is 21.9 Å². The van der Waals surface area contributed by atoms with E-state index in [2.05, 4.69) is 5.32 Å². The van der Waals surface area contributed by atoms with Crippen LogP contribution in [0.15, 0.2) is 52.9 Å². The van der Waals surface area contributed by atoms with Crippen LogP contribution >= 0.6 is 11.6 Å². The van der Waals surface area contributed by atoms with E-state index in [-0.39, 0.29) is 34.5 Å². The Balaban J connectivity index is 1.66. The summed E-state index contributed by atoms with van der Waals surface area (Å²) in [6.45, 7) is 1.53. The molecule has 3 aromatic rings. The van der Waals surface area contributed by atoms with Gasteiger partial charge >= 0.3 is 0 Å². The van der Waals surface area contributed by atoms with Gasteiger partial charge in [-0.25, -0.2) is 0 Å². The number of nitrogens with zero attached hydrogens (tertiary/aromatic N) is 2. The van der Waals surface area contributed by atoms with E-state index in [9.17, 15) is 25.0 Å². The van der Waals surface area contributed by atoms with Crippen molar-refractivity contribution in [1.82, 2.24) is 0 Å². The number of nitro groups is 2. The van der Waals surface area contributed by atoms with Crippen molar-refractivity contribution in [2.24, 2.45) is 0 Å². The molecular weight excluding hydrogens is 418 g/mol. The number of non-ortho nitro benzene ring substituents is 2. The minimum absolute atomic E-state index is 0.00325. The van der Waals surface area contributed by atoms with Crippen LogP contribution < -0.4 is 10.1 Å². The number of furan rings is 1. The lowest BCUT2D eigenvalue weighted by Gasteiger charge is -2.07. The zero-order valence-electron chi connectivity index (χ0n) is 15.5. The second kappa shape index (κ2) is 8.62. The van der Waals surface area contributed by atoms with Crippen LogP contribution in [0.25, 0.3) is 0 Å². The summed E-state index contributed by atoms with van der Waals surface area (Å²) in [6.07, 6.45) is 0. The maximum absolute atomic E-state index is 12.4. The number of rotatable bonds is 7. The van der Waals surface area contributed by atoms with E-state index >= 15 is 0 Å². The van der Waals surface area contributed by atoms with Crippen molar-refractivity contribution >= 4 is 34.6 Å². The number of hydrogen-bond acceptors (Lipinski definition) is 7. The maximum Gasteiger partial charge on any atom is 0.291 e. The number of aryl methyl sites for hydroxylation is 1. The highest BCUT2D eigenvalue weighted by Crippen LogP contribution is 2.29. The lowest BCUT2D eigenvalue weighted by molar-refractivity contribution is -0.385. The third-order valence-electron chi connectivity index (χ3n) is 4.05. The molecule has 1 aromatic heterocycles. The number of carbonyl (C=O) groups excluding carboxylic acids is 1. The van der Waals surface area contributed by atoms with Crippen molar-refractivity contribution < 1.29 is 23.8 Å². The van der Waals surface area contributed by atoms with E-state index < -0.39 is 15.8 Å². The molecule has 0 unspecified atom stereocenters. The molecule has 1 heterocycles. The van der Waals surface area contributed by atoms with Crippen LogP contribution in [-0.4, -0.2) is 15.8 Å². The highest BCUT2D eigenvalue weighted by atomic mass is 35.5. The van der Waals surface area contributed by atoms with Crippen LogP contribution in [0.2, 0.25) is 5.02 Å². The van der Waals surface area contributed by atoms with Crippen LogP contribution in [0.5, 0.6) is 5.75 Å². The zero-order chi connectivity index (χ0) is 21.8. The van der Waals surface area contributed by atoms with Gasteiger partial charge in [-0.3, -0.25) is 25.0 Å². The van der Waals surface area contributed by atoms with Crippen LogP contribution in [-0.2, 0) is 6.61 Å². The lowest BCUT2D eigenvalue weighted by Crippen LogP contribution is -2.12. The average molecular weight is 432 g/mol. The van der Waals surface area contributed by atoms with E-state index in [0.29, 0.717) is 17.0 Å². The summed E-state index contributed by atoms with van der Waals surface area (Å²) in [7, 11) is 0. The Hall–Kier alpha value is -3.92. The van der Waals surface area contributed by atoms with E-state index in [1.54, 1.807) is 6.92 Å². The third-order valence-corrected chi connectivity index (χ3v) is 4.36. The Bertz CT molecular complexity index is 1140. The number of halogens is 1. The highest BCUT2D eigenvalue weighted by molar-refractivity contribution is 6.32. The van der Waals surface area contributed by atoms with Crippen molar-refractivity contribution in [2.75, 3.05) is 5.32 Å². The smallest absolute Gasteiger partial charge is 0.291 e. The summed E-state index contributed by atoms with van der Waals surface area (Å²) >= 11 is 5.97. The van der Waals surface area contributed by atoms with Gasteiger partial charge in [-0.2, -0.15) is 0 Å². The fourth-order valence-corrected chi connectivity index (χ4v) is 2.70. The van der Waals surface area contributed by atoms with Gasteiger partial charge in [0, 0.05) is 23.9 Å². The number of carbonyl (C=O) groups is 1. The molecule has 0 spiro atoms. The first-order chi connectivity index (χ1) is 14.2. The predicted octanol–water partition coefficient (Wildman–Crippen LogP) is 4.89. The molecule has 30 heavy (non-hydrogen) atoms. The molecule has 11 heteroatoms. The number of nitro benzene ring substituents is 2. The fraction of sp³-hybridized carbons (Fsp3) is 0.105. The van der Waals surface area contributed by atoms with Gasteiger partial charge in [0.15, 0.2) is 5.76 Å². The molecular formula is C19H14ClN3O7. The number of hydrogen-bond donors (Lipinski definition) is 1. The van der Waals surface area contributed by atoms with Crippen molar-refractivity contribution in [2.45, 2.75) is 13.5 Å². The lowest BCUT2D eigenvalue weighted by atomic mass is 10.2. The first kappa shape index (κ1) is 20.8. The van der Waals surface area contributed by atoms with Gasteiger partial charge in [0.1, 0.15) is 18.1 Å². The van der Waals surface area contributed by atoms with Crippen LogP contribution in [0, 0.1) is 27.2 Å². The molecule has 0 radical (unpaired) electrons. The molecule has 0 aliphatic rings. The predicted molar refractivity (Wildman–Crippen MR) is 107 cm³/mol. The molecule has 0 aliphatic heterocycles. The SMILES string of the molecule is Cc1cc([N+](=O)[O-])ccc1NC(=O)c1ccc(COc2cc([N+](=O)[O-])ccc2Cl)o1. The zero-order valence-corrected chi connectivity index (χ0v) is 16.2.